The van der Waals surface area contributed by atoms with Gasteiger partial charge >= 0.3 is 5.97 Å². The van der Waals surface area contributed by atoms with Crippen molar-refractivity contribution in [2.24, 2.45) is 0 Å². The number of rotatable bonds is 6. The maximum atomic E-state index is 12.1. The highest BCUT2D eigenvalue weighted by Gasteiger charge is 2.18. The van der Waals surface area contributed by atoms with Gasteiger partial charge in [-0.2, -0.15) is 0 Å². The van der Waals surface area contributed by atoms with Crippen LogP contribution in [0.4, 0.5) is 11.4 Å². The zero-order valence-electron chi connectivity index (χ0n) is 15.3. The van der Waals surface area contributed by atoms with Crippen molar-refractivity contribution in [3.63, 3.8) is 0 Å². The summed E-state index contributed by atoms with van der Waals surface area (Å²) in [5.41, 5.74) is 8.45. The van der Waals surface area contributed by atoms with Gasteiger partial charge in [-0.25, -0.2) is 4.79 Å². The largest absolute Gasteiger partial charge is 0.452 e. The molecule has 2 rings (SSSR count). The molecular weight excluding hydrogens is 350 g/mol. The molecule has 27 heavy (non-hydrogen) atoms. The molecule has 0 heterocycles. The number of carbonyl (C=O) groups excluding carboxylic acids is 2. The van der Waals surface area contributed by atoms with E-state index in [0.29, 0.717) is 0 Å². The Labute approximate surface area is 156 Å². The number of esters is 1. The Hall–Kier alpha value is -3.42. The fourth-order valence-electron chi connectivity index (χ4n) is 2.44. The molecule has 142 valence electrons. The minimum Gasteiger partial charge on any atom is -0.452 e. The summed E-state index contributed by atoms with van der Waals surface area (Å²) in [5, 5.41) is 13.5. The second kappa shape index (κ2) is 8.31. The third-order valence-corrected chi connectivity index (χ3v) is 4.21. The molecule has 3 N–H and O–H groups in total. The van der Waals surface area contributed by atoms with Gasteiger partial charge in [-0.3, -0.25) is 14.9 Å². The fourth-order valence-corrected chi connectivity index (χ4v) is 2.44. The topological polar surface area (TPSA) is 125 Å². The second-order valence-corrected chi connectivity index (χ2v) is 6.24. The molecule has 0 saturated carbocycles. The van der Waals surface area contributed by atoms with Crippen molar-refractivity contribution >= 4 is 23.3 Å². The van der Waals surface area contributed by atoms with E-state index in [9.17, 15) is 19.7 Å². The first-order chi connectivity index (χ1) is 12.7. The molecule has 0 spiro atoms. The molecule has 0 bridgehead atoms. The summed E-state index contributed by atoms with van der Waals surface area (Å²) in [5.74, 6) is -1.39. The maximum Gasteiger partial charge on any atom is 0.341 e. The number of amides is 1. The van der Waals surface area contributed by atoms with Gasteiger partial charge < -0.3 is 15.8 Å². The number of carbonyl (C=O) groups is 2. The molecule has 0 saturated heterocycles. The minimum absolute atomic E-state index is 0.0366. The smallest absolute Gasteiger partial charge is 0.341 e. The van der Waals surface area contributed by atoms with E-state index in [1.807, 2.05) is 39.0 Å². The van der Waals surface area contributed by atoms with E-state index in [-0.39, 0.29) is 23.0 Å². The number of nitrogens with one attached hydrogen (secondary N) is 1. The van der Waals surface area contributed by atoms with Gasteiger partial charge in [0, 0.05) is 17.8 Å². The molecule has 0 radical (unpaired) electrons. The molecule has 0 aliphatic carbocycles. The molecule has 0 aliphatic rings. The third-order valence-electron chi connectivity index (χ3n) is 4.21. The van der Waals surface area contributed by atoms with Crippen molar-refractivity contribution in [1.82, 2.24) is 5.32 Å². The quantitative estimate of drug-likeness (QED) is 0.348. The van der Waals surface area contributed by atoms with E-state index in [1.165, 1.54) is 12.1 Å². The van der Waals surface area contributed by atoms with Crippen LogP contribution >= 0.6 is 0 Å². The van der Waals surface area contributed by atoms with E-state index in [2.05, 4.69) is 5.32 Å². The number of aryl methyl sites for hydroxylation is 2. The zero-order chi connectivity index (χ0) is 20.1. The van der Waals surface area contributed by atoms with Crippen molar-refractivity contribution in [3.8, 4) is 0 Å². The molecule has 0 fully saturated rings. The van der Waals surface area contributed by atoms with Gasteiger partial charge in [-0.1, -0.05) is 18.2 Å². The molecule has 2 aromatic rings. The minimum atomic E-state index is -0.898. The first kappa shape index (κ1) is 19.9. The van der Waals surface area contributed by atoms with E-state index >= 15 is 0 Å². The van der Waals surface area contributed by atoms with Crippen molar-refractivity contribution in [2.75, 3.05) is 12.3 Å². The number of benzene rings is 2. The fraction of sp³-hybridized carbons (Fsp3) is 0.263. The Morgan fingerprint density at radius 2 is 1.89 bits per heavy atom. The van der Waals surface area contributed by atoms with Crippen LogP contribution in [0.2, 0.25) is 0 Å². The van der Waals surface area contributed by atoms with Crippen LogP contribution in [0.1, 0.15) is 40.0 Å². The van der Waals surface area contributed by atoms with Crippen LogP contribution in [-0.4, -0.2) is 23.4 Å². The van der Waals surface area contributed by atoms with Gasteiger partial charge in [0.15, 0.2) is 6.61 Å². The Balaban J connectivity index is 1.97. The molecule has 0 aliphatic heterocycles. The Morgan fingerprint density at radius 1 is 1.19 bits per heavy atom. The van der Waals surface area contributed by atoms with Crippen LogP contribution < -0.4 is 11.1 Å². The standard InChI is InChI=1S/C19H21N3O5/c1-11-4-5-14(8-12(11)2)13(3)21-18(23)10-27-19(24)16-9-15(22(25)26)6-7-17(16)20/h4-9,13H,10,20H2,1-3H3,(H,21,23)/t13-/m0/s1. The highest BCUT2D eigenvalue weighted by molar-refractivity contribution is 5.97. The lowest BCUT2D eigenvalue weighted by atomic mass is 10.0. The van der Waals surface area contributed by atoms with Crippen LogP contribution in [-0.2, 0) is 9.53 Å². The average Bonchev–Trinajstić information content (AvgIpc) is 2.62. The number of nitro groups is 1. The van der Waals surface area contributed by atoms with Crippen LogP contribution in [0.25, 0.3) is 0 Å². The Kier molecular flexibility index (Phi) is 6.12. The van der Waals surface area contributed by atoms with Gasteiger partial charge in [0.1, 0.15) is 0 Å². The molecule has 2 aromatic carbocycles. The first-order valence-electron chi connectivity index (χ1n) is 8.26. The summed E-state index contributed by atoms with van der Waals surface area (Å²) >= 11 is 0. The molecule has 1 atom stereocenters. The van der Waals surface area contributed by atoms with E-state index in [4.69, 9.17) is 10.5 Å². The van der Waals surface area contributed by atoms with Crippen molar-refractivity contribution < 1.29 is 19.2 Å². The summed E-state index contributed by atoms with van der Waals surface area (Å²) in [6.45, 7) is 5.29. The van der Waals surface area contributed by atoms with Gasteiger partial charge in [-0.15, -0.1) is 0 Å². The molecule has 8 heteroatoms. The number of nitrogen functional groups attached to an aromatic ring is 1. The molecule has 1 amide bonds. The van der Waals surface area contributed by atoms with Crippen LogP contribution in [0.15, 0.2) is 36.4 Å². The van der Waals surface area contributed by atoms with E-state index < -0.39 is 23.4 Å². The maximum absolute atomic E-state index is 12.1. The van der Waals surface area contributed by atoms with E-state index in [0.717, 1.165) is 22.8 Å². The first-order valence-corrected chi connectivity index (χ1v) is 8.26. The summed E-state index contributed by atoms with van der Waals surface area (Å²) in [6, 6.07) is 9.06. The molecule has 8 nitrogen and oxygen atoms in total. The lowest BCUT2D eigenvalue weighted by Crippen LogP contribution is -2.31. The lowest BCUT2D eigenvalue weighted by molar-refractivity contribution is -0.384. The second-order valence-electron chi connectivity index (χ2n) is 6.24. The number of nitrogens with zero attached hydrogens (tertiary/aromatic N) is 1. The highest BCUT2D eigenvalue weighted by Crippen LogP contribution is 2.20. The average molecular weight is 371 g/mol. The van der Waals surface area contributed by atoms with Gasteiger partial charge in [0.25, 0.3) is 11.6 Å². The van der Waals surface area contributed by atoms with Gasteiger partial charge in [-0.05, 0) is 43.5 Å². The number of hydrogen-bond acceptors (Lipinski definition) is 6. The number of nitrogens with two attached hydrogens (primary N) is 1. The summed E-state index contributed by atoms with van der Waals surface area (Å²) in [7, 11) is 0. The Bertz CT molecular complexity index is 895. The van der Waals surface area contributed by atoms with Crippen LogP contribution in [0.3, 0.4) is 0 Å². The summed E-state index contributed by atoms with van der Waals surface area (Å²) < 4.78 is 4.93. The molecular formula is C19H21N3O5. The zero-order valence-corrected chi connectivity index (χ0v) is 15.3. The monoisotopic (exact) mass is 371 g/mol. The number of non-ortho nitro benzene ring substituents is 1. The van der Waals surface area contributed by atoms with Crippen LogP contribution in [0.5, 0.6) is 0 Å². The van der Waals surface area contributed by atoms with Crippen molar-refractivity contribution in [1.29, 1.82) is 0 Å². The normalized spacial score (nSPS) is 11.5. The number of anilines is 1. The highest BCUT2D eigenvalue weighted by atomic mass is 16.6. The molecule has 0 unspecified atom stereocenters. The van der Waals surface area contributed by atoms with E-state index in [1.54, 1.807) is 0 Å². The van der Waals surface area contributed by atoms with Gasteiger partial charge in [0.05, 0.1) is 16.5 Å². The number of ether oxygens (including phenoxy) is 1. The van der Waals surface area contributed by atoms with Crippen LogP contribution in [0, 0.1) is 24.0 Å². The summed E-state index contributed by atoms with van der Waals surface area (Å²) in [4.78, 5) is 34.3. The SMILES string of the molecule is Cc1ccc([C@H](C)NC(=O)COC(=O)c2cc([N+](=O)[O-])ccc2N)cc1C. The van der Waals surface area contributed by atoms with Gasteiger partial charge in [0.2, 0.25) is 0 Å². The number of nitro benzene ring substituents is 1. The lowest BCUT2D eigenvalue weighted by Gasteiger charge is -2.16. The molecule has 0 aromatic heterocycles. The predicted molar refractivity (Wildman–Crippen MR) is 100 cm³/mol. The summed E-state index contributed by atoms with van der Waals surface area (Å²) in [6.07, 6.45) is 0. The third kappa shape index (κ3) is 5.04. The van der Waals surface area contributed by atoms with Crippen molar-refractivity contribution in [2.45, 2.75) is 26.8 Å². The Morgan fingerprint density at radius 3 is 2.52 bits per heavy atom. The number of hydrogen-bond donors (Lipinski definition) is 2. The predicted octanol–water partition coefficient (Wildman–Crippen LogP) is 2.83. The van der Waals surface area contributed by atoms with Crippen molar-refractivity contribution in [3.05, 3.63) is 68.8 Å².